The number of aromatic nitrogens is 1. The zero-order valence-electron chi connectivity index (χ0n) is 28.8. The first-order valence-electron chi connectivity index (χ1n) is 16.6. The normalized spacial score (nSPS) is 14.5. The van der Waals surface area contributed by atoms with E-state index in [1.165, 1.54) is 10.6 Å². The molecule has 0 spiro atoms. The molecule has 0 aliphatic heterocycles. The van der Waals surface area contributed by atoms with Crippen LogP contribution in [0, 0.1) is 10.1 Å². The lowest BCUT2D eigenvalue weighted by Gasteiger charge is -2.15. The third-order valence-corrected chi connectivity index (χ3v) is 7.53. The number of rotatable bonds is 3. The van der Waals surface area contributed by atoms with Crippen molar-refractivity contribution in [2.75, 3.05) is 0 Å². The number of benzene rings is 7. The van der Waals surface area contributed by atoms with E-state index in [4.69, 9.17) is 11.0 Å². The molecule has 8 aromatic rings. The van der Waals surface area contributed by atoms with Gasteiger partial charge in [0.25, 0.3) is 5.69 Å². The quantitative estimate of drug-likeness (QED) is 0.132. The minimum Gasteiger partial charge on any atom is -0.309 e. The van der Waals surface area contributed by atoms with Gasteiger partial charge < -0.3 is 4.57 Å². The Kier molecular flexibility index (Phi) is 3.37. The Hall–Kier alpha value is -5.48. The highest BCUT2D eigenvalue weighted by Crippen LogP contribution is 2.43. The Morgan fingerprint density at radius 2 is 1.10 bits per heavy atom. The van der Waals surface area contributed by atoms with E-state index < -0.39 is 53.3 Å². The Labute approximate surface area is 240 Å². The number of fused-ring (bicyclic) bond motifs is 9. The maximum Gasteiger partial charge on any atom is 0.279 e. The maximum absolute atomic E-state index is 12.8. The van der Waals surface area contributed by atoms with E-state index >= 15 is 0 Å². The molecule has 1 heterocycles. The molecule has 0 saturated carbocycles. The zero-order valence-corrected chi connectivity index (χ0v) is 20.8. The summed E-state index contributed by atoms with van der Waals surface area (Å²) < 4.78 is 69.5. The number of nitrogens with zero attached hydrogens (tertiary/aromatic N) is 2. The van der Waals surface area contributed by atoms with Gasteiger partial charge in [0.1, 0.15) is 0 Å². The summed E-state index contributed by atoms with van der Waals surface area (Å²) in [5, 5.41) is 18.4. The molecule has 0 atom stereocenters. The van der Waals surface area contributed by atoms with Crippen LogP contribution in [0.4, 0.5) is 5.69 Å². The Balaban J connectivity index is 1.51. The van der Waals surface area contributed by atoms with E-state index in [1.807, 2.05) is 60.7 Å². The molecule has 0 fully saturated rings. The average Bonchev–Trinajstić information content (AvgIpc) is 3.47. The van der Waals surface area contributed by atoms with Crippen molar-refractivity contribution in [2.45, 2.75) is 0 Å². The van der Waals surface area contributed by atoms with Gasteiger partial charge in [0.2, 0.25) is 0 Å². The van der Waals surface area contributed by atoms with Crippen LogP contribution in [0.5, 0.6) is 0 Å². The summed E-state index contributed by atoms with van der Waals surface area (Å²) >= 11 is 0. The van der Waals surface area contributed by atoms with Crippen molar-refractivity contribution in [3.8, 4) is 16.8 Å². The van der Waals surface area contributed by atoms with Gasteiger partial charge in [-0.25, -0.2) is 0 Å². The van der Waals surface area contributed by atoms with Crippen LogP contribution < -0.4 is 0 Å². The maximum atomic E-state index is 12.8. The number of hydrogen-bond donors (Lipinski definition) is 0. The molecule has 0 aliphatic rings. The fourth-order valence-electron chi connectivity index (χ4n) is 5.90. The summed E-state index contributed by atoms with van der Waals surface area (Å²) in [6, 6.07) is 21.9. The topological polar surface area (TPSA) is 48.1 Å². The van der Waals surface area contributed by atoms with Gasteiger partial charge in [-0.2, -0.15) is 0 Å². The predicted octanol–water partition coefficient (Wildman–Crippen LogP) is 9.82. The summed E-state index contributed by atoms with van der Waals surface area (Å²) in [6.07, 6.45) is 0. The fourth-order valence-corrected chi connectivity index (χ4v) is 5.90. The standard InChI is InChI=1S/C36H22N2O2/c39-38(40)35-22-23(37-33-18-7-5-13-27(33)28-14-6-8-19-34(28)37)20-21-29(35)32-17-9-16-31-26-11-2-1-10-24(26)25-12-3-4-15-30(25)36(31)32/h1-22H/i5D,6D,7D,8D,13D,14D,18D,19D. The van der Waals surface area contributed by atoms with Gasteiger partial charge in [0.05, 0.1) is 38.2 Å². The summed E-state index contributed by atoms with van der Waals surface area (Å²) in [6.45, 7) is 0. The Bertz CT molecular complexity index is 2640. The minimum absolute atomic E-state index is 0.0952. The molecule has 4 nitrogen and oxygen atoms in total. The highest BCUT2D eigenvalue weighted by Gasteiger charge is 2.22. The SMILES string of the molecule is [2H]c1c([2H])c([2H])c2c(c1[2H])c1c([2H])c([2H])c([2H])c([2H])c1n2-c1ccc(-c2cccc3c4ccccc4c4ccccc4c23)c([N+](=O)[O-])c1. The van der Waals surface area contributed by atoms with E-state index in [0.29, 0.717) is 11.1 Å². The largest absolute Gasteiger partial charge is 0.309 e. The van der Waals surface area contributed by atoms with Crippen LogP contribution in [0.2, 0.25) is 0 Å². The molecule has 4 heteroatoms. The molecule has 7 aromatic carbocycles. The molecule has 0 saturated heterocycles. The van der Waals surface area contributed by atoms with Gasteiger partial charge in [-0.05, 0) is 62.1 Å². The van der Waals surface area contributed by atoms with E-state index in [9.17, 15) is 10.1 Å². The van der Waals surface area contributed by atoms with Crippen molar-refractivity contribution in [1.82, 2.24) is 4.57 Å². The summed E-state index contributed by atoms with van der Waals surface area (Å²) in [5.41, 5.74) is 0.559. The van der Waals surface area contributed by atoms with Crippen LogP contribution in [0.25, 0.3) is 70.9 Å². The van der Waals surface area contributed by atoms with Gasteiger partial charge in [0.15, 0.2) is 0 Å². The monoisotopic (exact) mass is 522 g/mol. The number of nitro benzene ring substituents is 1. The third kappa shape index (κ3) is 3.13. The Morgan fingerprint density at radius 1 is 0.575 bits per heavy atom. The van der Waals surface area contributed by atoms with Crippen LogP contribution in [0.3, 0.4) is 0 Å². The van der Waals surface area contributed by atoms with E-state index in [2.05, 4.69) is 6.07 Å². The minimum atomic E-state index is -0.562. The van der Waals surface area contributed by atoms with Crippen LogP contribution in [-0.2, 0) is 0 Å². The van der Waals surface area contributed by atoms with Crippen molar-refractivity contribution in [1.29, 1.82) is 0 Å². The molecule has 0 radical (unpaired) electrons. The summed E-state index contributed by atoms with van der Waals surface area (Å²) in [4.78, 5) is 12.3. The fraction of sp³-hybridized carbons (Fsp3) is 0. The number of hydrogen-bond acceptors (Lipinski definition) is 2. The second-order valence-corrected chi connectivity index (χ2v) is 9.56. The van der Waals surface area contributed by atoms with Crippen molar-refractivity contribution in [3.63, 3.8) is 0 Å². The second-order valence-electron chi connectivity index (χ2n) is 9.56. The summed E-state index contributed by atoms with van der Waals surface area (Å²) in [5.74, 6) is 0. The van der Waals surface area contributed by atoms with Crippen LogP contribution in [0.15, 0.2) is 133 Å². The zero-order chi connectivity index (χ0) is 33.8. The van der Waals surface area contributed by atoms with Gasteiger partial charge in [0, 0.05) is 16.8 Å². The first kappa shape index (κ1) is 15.8. The smallest absolute Gasteiger partial charge is 0.279 e. The van der Waals surface area contributed by atoms with Crippen molar-refractivity contribution >= 4 is 59.8 Å². The molecule has 0 bridgehead atoms. The van der Waals surface area contributed by atoms with Gasteiger partial charge in [-0.1, -0.05) is 103 Å². The van der Waals surface area contributed by atoms with Crippen molar-refractivity contribution in [2.24, 2.45) is 0 Å². The first-order valence-corrected chi connectivity index (χ1v) is 12.6. The van der Waals surface area contributed by atoms with Gasteiger partial charge >= 0.3 is 0 Å². The third-order valence-electron chi connectivity index (χ3n) is 7.53. The van der Waals surface area contributed by atoms with Gasteiger partial charge in [-0.3, -0.25) is 10.1 Å². The van der Waals surface area contributed by atoms with Crippen molar-refractivity contribution in [3.05, 3.63) is 143 Å². The lowest BCUT2D eigenvalue weighted by atomic mass is 9.89. The Morgan fingerprint density at radius 3 is 1.70 bits per heavy atom. The molecule has 8 rings (SSSR count). The van der Waals surface area contributed by atoms with E-state index in [1.54, 1.807) is 12.1 Å². The van der Waals surface area contributed by atoms with E-state index in [0.717, 1.165) is 32.3 Å². The summed E-state index contributed by atoms with van der Waals surface area (Å²) in [7, 11) is 0. The molecule has 0 aliphatic carbocycles. The van der Waals surface area contributed by atoms with Crippen LogP contribution >= 0.6 is 0 Å². The number of nitro groups is 1. The highest BCUT2D eigenvalue weighted by atomic mass is 16.6. The first-order chi connectivity index (χ1) is 23.0. The van der Waals surface area contributed by atoms with Crippen molar-refractivity contribution < 1.29 is 15.9 Å². The average molecular weight is 523 g/mol. The molecule has 0 N–H and O–H groups in total. The molecular formula is C36H22N2O2. The molecule has 0 unspecified atom stereocenters. The van der Waals surface area contributed by atoms with Gasteiger partial charge in [-0.15, -0.1) is 0 Å². The lowest BCUT2D eigenvalue weighted by Crippen LogP contribution is -1.98. The molecule has 40 heavy (non-hydrogen) atoms. The van der Waals surface area contributed by atoms with Crippen LogP contribution in [0.1, 0.15) is 11.0 Å². The second kappa shape index (κ2) is 8.52. The van der Waals surface area contributed by atoms with E-state index in [-0.39, 0.29) is 33.2 Å². The lowest BCUT2D eigenvalue weighted by molar-refractivity contribution is -0.384. The van der Waals surface area contributed by atoms with Crippen LogP contribution in [-0.4, -0.2) is 9.49 Å². The highest BCUT2D eigenvalue weighted by molar-refractivity contribution is 6.28. The predicted molar refractivity (Wildman–Crippen MR) is 165 cm³/mol. The molecule has 188 valence electrons. The number of para-hydroxylation sites is 2. The molecule has 0 amide bonds. The molecular weight excluding hydrogens is 492 g/mol. The molecule has 1 aromatic heterocycles.